The number of para-hydroxylation sites is 1. The van der Waals surface area contributed by atoms with Crippen LogP contribution in [0.25, 0.3) is 0 Å². The van der Waals surface area contributed by atoms with Crippen LogP contribution in [0.3, 0.4) is 0 Å². The topological polar surface area (TPSA) is 49.3 Å². The summed E-state index contributed by atoms with van der Waals surface area (Å²) in [4.78, 5) is 10.8. The predicted molar refractivity (Wildman–Crippen MR) is 80.2 cm³/mol. The van der Waals surface area contributed by atoms with Crippen LogP contribution >= 0.6 is 22.6 Å². The van der Waals surface area contributed by atoms with Gasteiger partial charge in [0.15, 0.2) is 0 Å². The van der Waals surface area contributed by atoms with Gasteiger partial charge in [0.2, 0.25) is 0 Å². The molecule has 0 fully saturated rings. The maximum Gasteiger partial charge on any atom is 0.307 e. The average molecular weight is 353 g/mol. The second-order valence-corrected chi connectivity index (χ2v) is 5.11. The van der Waals surface area contributed by atoms with Gasteiger partial charge in [0.25, 0.3) is 0 Å². The van der Waals surface area contributed by atoms with Crippen LogP contribution in [0.15, 0.2) is 48.5 Å². The highest BCUT2D eigenvalue weighted by molar-refractivity contribution is 14.1. The van der Waals surface area contributed by atoms with Gasteiger partial charge >= 0.3 is 5.97 Å². The second kappa shape index (κ2) is 5.86. The number of benzene rings is 2. The number of hydrogen-bond donors (Lipinski definition) is 2. The molecule has 0 bridgehead atoms. The van der Waals surface area contributed by atoms with E-state index in [0.29, 0.717) is 0 Å². The minimum atomic E-state index is -0.827. The van der Waals surface area contributed by atoms with Crippen LogP contribution in [0.2, 0.25) is 0 Å². The van der Waals surface area contributed by atoms with Crippen LogP contribution in [0.4, 0.5) is 11.4 Å². The van der Waals surface area contributed by atoms with Gasteiger partial charge in [0, 0.05) is 14.9 Å². The normalized spacial score (nSPS) is 10.1. The standard InChI is InChI=1S/C14H12INO2/c15-11-5-7-12(8-6-11)16-13-4-2-1-3-10(13)9-14(17)18/h1-8,16H,9H2,(H,17,18). The fourth-order valence-corrected chi connectivity index (χ4v) is 2.01. The molecule has 0 aliphatic rings. The third-order valence-corrected chi connectivity index (χ3v) is 3.20. The van der Waals surface area contributed by atoms with Crippen molar-refractivity contribution in [2.24, 2.45) is 0 Å². The summed E-state index contributed by atoms with van der Waals surface area (Å²) >= 11 is 2.24. The van der Waals surface area contributed by atoms with E-state index in [1.165, 1.54) is 0 Å². The molecule has 2 N–H and O–H groups in total. The molecule has 4 heteroatoms. The maximum absolute atomic E-state index is 10.8. The largest absolute Gasteiger partial charge is 0.481 e. The van der Waals surface area contributed by atoms with E-state index in [-0.39, 0.29) is 6.42 Å². The molecule has 2 rings (SSSR count). The number of hydrogen-bond acceptors (Lipinski definition) is 2. The van der Waals surface area contributed by atoms with Gasteiger partial charge in [-0.05, 0) is 58.5 Å². The van der Waals surface area contributed by atoms with Crippen LogP contribution in [0, 0.1) is 3.57 Å². The molecule has 0 atom stereocenters. The van der Waals surface area contributed by atoms with Gasteiger partial charge in [0.05, 0.1) is 6.42 Å². The Morgan fingerprint density at radius 1 is 1.11 bits per heavy atom. The molecule has 2 aromatic carbocycles. The Bertz CT molecular complexity index is 552. The molecular weight excluding hydrogens is 341 g/mol. The molecule has 92 valence electrons. The van der Waals surface area contributed by atoms with Crippen molar-refractivity contribution in [1.29, 1.82) is 0 Å². The fraction of sp³-hybridized carbons (Fsp3) is 0.0714. The number of aliphatic carboxylic acids is 1. The quantitative estimate of drug-likeness (QED) is 0.825. The number of anilines is 2. The minimum absolute atomic E-state index is 0.0214. The van der Waals surface area contributed by atoms with Crippen molar-refractivity contribution in [2.75, 3.05) is 5.32 Å². The van der Waals surface area contributed by atoms with Gasteiger partial charge in [-0.15, -0.1) is 0 Å². The van der Waals surface area contributed by atoms with Crippen molar-refractivity contribution in [1.82, 2.24) is 0 Å². The first-order valence-corrected chi connectivity index (χ1v) is 6.55. The van der Waals surface area contributed by atoms with Crippen molar-refractivity contribution in [2.45, 2.75) is 6.42 Å². The maximum atomic E-state index is 10.8. The van der Waals surface area contributed by atoms with E-state index in [9.17, 15) is 4.79 Å². The SMILES string of the molecule is O=C(O)Cc1ccccc1Nc1ccc(I)cc1. The predicted octanol–water partition coefficient (Wildman–Crippen LogP) is 3.66. The third kappa shape index (κ3) is 3.46. The zero-order valence-corrected chi connectivity index (χ0v) is 11.7. The molecule has 0 radical (unpaired) electrons. The van der Waals surface area contributed by atoms with Crippen LogP contribution in [0.5, 0.6) is 0 Å². The monoisotopic (exact) mass is 353 g/mol. The molecular formula is C14H12INO2. The summed E-state index contributed by atoms with van der Waals surface area (Å²) in [6, 6.07) is 15.4. The Hall–Kier alpha value is -1.56. The van der Waals surface area contributed by atoms with E-state index in [0.717, 1.165) is 20.5 Å². The number of carboxylic acids is 1. The molecule has 2 aromatic rings. The molecule has 0 unspecified atom stereocenters. The van der Waals surface area contributed by atoms with Crippen molar-refractivity contribution < 1.29 is 9.90 Å². The lowest BCUT2D eigenvalue weighted by molar-refractivity contribution is -0.136. The lowest BCUT2D eigenvalue weighted by Gasteiger charge is -2.10. The lowest BCUT2D eigenvalue weighted by Crippen LogP contribution is -2.03. The van der Waals surface area contributed by atoms with Gasteiger partial charge in [-0.25, -0.2) is 0 Å². The minimum Gasteiger partial charge on any atom is -0.481 e. The van der Waals surface area contributed by atoms with Crippen molar-refractivity contribution in [3.8, 4) is 0 Å². The second-order valence-electron chi connectivity index (χ2n) is 3.86. The number of halogens is 1. The summed E-state index contributed by atoms with van der Waals surface area (Å²) in [6.07, 6.45) is 0.0214. The van der Waals surface area contributed by atoms with Gasteiger partial charge in [0.1, 0.15) is 0 Å². The first-order chi connectivity index (χ1) is 8.65. The summed E-state index contributed by atoms with van der Waals surface area (Å²) in [5.41, 5.74) is 2.57. The van der Waals surface area contributed by atoms with E-state index < -0.39 is 5.97 Å². The van der Waals surface area contributed by atoms with Crippen molar-refractivity contribution >= 4 is 39.9 Å². The smallest absolute Gasteiger partial charge is 0.307 e. The highest BCUT2D eigenvalue weighted by Gasteiger charge is 2.06. The molecule has 0 aliphatic carbocycles. The molecule has 3 nitrogen and oxygen atoms in total. The van der Waals surface area contributed by atoms with E-state index in [4.69, 9.17) is 5.11 Å². The first kappa shape index (κ1) is 12.9. The van der Waals surface area contributed by atoms with Gasteiger partial charge < -0.3 is 10.4 Å². The molecule has 0 heterocycles. The Balaban J connectivity index is 2.23. The Morgan fingerprint density at radius 2 is 1.78 bits per heavy atom. The first-order valence-electron chi connectivity index (χ1n) is 5.47. The number of carbonyl (C=O) groups is 1. The molecule has 0 aliphatic heterocycles. The van der Waals surface area contributed by atoms with Crippen LogP contribution in [-0.4, -0.2) is 11.1 Å². The summed E-state index contributed by atoms with van der Waals surface area (Å²) < 4.78 is 1.16. The molecule has 0 saturated carbocycles. The van der Waals surface area contributed by atoms with Gasteiger partial charge in [-0.3, -0.25) is 4.79 Å². The zero-order valence-electron chi connectivity index (χ0n) is 9.56. The van der Waals surface area contributed by atoms with E-state index in [2.05, 4.69) is 27.9 Å². The third-order valence-electron chi connectivity index (χ3n) is 2.48. The van der Waals surface area contributed by atoms with Gasteiger partial charge in [-0.1, -0.05) is 18.2 Å². The zero-order chi connectivity index (χ0) is 13.0. The average Bonchev–Trinajstić information content (AvgIpc) is 2.34. The van der Waals surface area contributed by atoms with Crippen molar-refractivity contribution in [3.05, 3.63) is 57.7 Å². The Kier molecular flexibility index (Phi) is 4.19. The van der Waals surface area contributed by atoms with Gasteiger partial charge in [-0.2, -0.15) is 0 Å². The fourth-order valence-electron chi connectivity index (χ4n) is 1.65. The summed E-state index contributed by atoms with van der Waals surface area (Å²) in [7, 11) is 0. The summed E-state index contributed by atoms with van der Waals surface area (Å²) in [5, 5.41) is 12.1. The molecule has 0 spiro atoms. The van der Waals surface area contributed by atoms with E-state index >= 15 is 0 Å². The van der Waals surface area contributed by atoms with Crippen LogP contribution < -0.4 is 5.32 Å². The van der Waals surface area contributed by atoms with E-state index in [1.54, 1.807) is 0 Å². The molecule has 0 amide bonds. The lowest BCUT2D eigenvalue weighted by atomic mass is 10.1. The number of rotatable bonds is 4. The highest BCUT2D eigenvalue weighted by Crippen LogP contribution is 2.22. The Labute approximate surface area is 119 Å². The summed E-state index contributed by atoms with van der Waals surface area (Å²) in [6.45, 7) is 0. The van der Waals surface area contributed by atoms with Crippen LogP contribution in [0.1, 0.15) is 5.56 Å². The molecule has 18 heavy (non-hydrogen) atoms. The molecule has 0 aromatic heterocycles. The molecule has 0 saturated heterocycles. The number of carboxylic acid groups (broad SMARTS) is 1. The summed E-state index contributed by atoms with van der Waals surface area (Å²) in [5.74, 6) is -0.827. The Morgan fingerprint density at radius 3 is 2.44 bits per heavy atom. The number of nitrogens with one attached hydrogen (secondary N) is 1. The van der Waals surface area contributed by atoms with Crippen molar-refractivity contribution in [3.63, 3.8) is 0 Å². The highest BCUT2D eigenvalue weighted by atomic mass is 127. The van der Waals surface area contributed by atoms with Crippen LogP contribution in [-0.2, 0) is 11.2 Å². The van der Waals surface area contributed by atoms with E-state index in [1.807, 2.05) is 48.5 Å².